The second-order valence-corrected chi connectivity index (χ2v) is 5.37. The second kappa shape index (κ2) is 5.33. The predicted molar refractivity (Wildman–Crippen MR) is 80.2 cm³/mol. The maximum absolute atomic E-state index is 3.23. The number of aryl methyl sites for hydroxylation is 1. The molecule has 0 spiro atoms. The molecule has 1 saturated carbocycles. The van der Waals surface area contributed by atoms with Gasteiger partial charge in [-0.1, -0.05) is 48.1 Å². The molecular formula is C19H18. The Hall–Kier alpha value is -2.00. The molecule has 0 bridgehead atoms. The van der Waals surface area contributed by atoms with Crippen LogP contribution in [0.2, 0.25) is 0 Å². The summed E-state index contributed by atoms with van der Waals surface area (Å²) in [5.74, 6) is 7.25. The number of hydrogen-bond acceptors (Lipinski definition) is 0. The lowest BCUT2D eigenvalue weighted by atomic mass is 9.80. The zero-order chi connectivity index (χ0) is 13.1. The Kier molecular flexibility index (Phi) is 3.38. The van der Waals surface area contributed by atoms with E-state index in [2.05, 4.69) is 67.3 Å². The molecule has 2 aromatic rings. The fourth-order valence-electron chi connectivity index (χ4n) is 2.36. The van der Waals surface area contributed by atoms with Crippen LogP contribution < -0.4 is 0 Å². The van der Waals surface area contributed by atoms with Crippen molar-refractivity contribution in [1.29, 1.82) is 0 Å². The normalized spacial score (nSPS) is 14.4. The molecule has 2 aromatic carbocycles. The molecule has 0 heterocycles. The molecule has 3 rings (SSSR count). The van der Waals surface area contributed by atoms with Gasteiger partial charge in [-0.3, -0.25) is 0 Å². The lowest BCUT2D eigenvalue weighted by Crippen LogP contribution is -2.08. The smallest absolute Gasteiger partial charge is 0.0249 e. The van der Waals surface area contributed by atoms with Gasteiger partial charge in [-0.25, -0.2) is 0 Å². The lowest BCUT2D eigenvalue weighted by molar-refractivity contribution is 0.420. The fraction of sp³-hybridized carbons (Fsp3) is 0.263. The van der Waals surface area contributed by atoms with Crippen LogP contribution in [-0.2, 0) is 0 Å². The average Bonchev–Trinajstić information content (AvgIpc) is 2.38. The maximum Gasteiger partial charge on any atom is 0.0249 e. The number of rotatable bonds is 1. The molecule has 0 amide bonds. The Morgan fingerprint density at radius 1 is 0.789 bits per heavy atom. The molecule has 19 heavy (non-hydrogen) atoms. The van der Waals surface area contributed by atoms with Crippen molar-refractivity contribution in [2.75, 3.05) is 0 Å². The summed E-state index contributed by atoms with van der Waals surface area (Å²) in [5, 5.41) is 0. The Bertz CT molecular complexity index is 602. The van der Waals surface area contributed by atoms with E-state index in [9.17, 15) is 0 Å². The Balaban J connectivity index is 1.74. The third kappa shape index (κ3) is 2.88. The highest BCUT2D eigenvalue weighted by Crippen LogP contribution is 2.36. The fourth-order valence-corrected chi connectivity index (χ4v) is 2.36. The van der Waals surface area contributed by atoms with Crippen LogP contribution in [-0.4, -0.2) is 0 Å². The first-order valence-electron chi connectivity index (χ1n) is 7.00. The van der Waals surface area contributed by atoms with E-state index >= 15 is 0 Å². The summed E-state index contributed by atoms with van der Waals surface area (Å²) in [7, 11) is 0. The molecule has 0 atom stereocenters. The minimum Gasteiger partial charge on any atom is -0.0617 e. The van der Waals surface area contributed by atoms with Gasteiger partial charge in [0.05, 0.1) is 0 Å². The Morgan fingerprint density at radius 3 is 1.79 bits per heavy atom. The van der Waals surface area contributed by atoms with Crippen molar-refractivity contribution in [1.82, 2.24) is 0 Å². The van der Waals surface area contributed by atoms with Crippen molar-refractivity contribution >= 4 is 0 Å². The van der Waals surface area contributed by atoms with E-state index in [1.165, 1.54) is 30.4 Å². The SMILES string of the molecule is Cc1ccc(C#Cc2ccc(C3CCC3)cc2)cc1. The minimum atomic E-state index is 0.805. The van der Waals surface area contributed by atoms with Gasteiger partial charge in [-0.15, -0.1) is 0 Å². The Labute approximate surface area is 115 Å². The standard InChI is InChI=1S/C19H18/c1-15-5-7-16(8-6-15)9-10-17-11-13-19(14-12-17)18-3-2-4-18/h5-8,11-14,18H,2-4H2,1H3. The van der Waals surface area contributed by atoms with Crippen LogP contribution >= 0.6 is 0 Å². The van der Waals surface area contributed by atoms with E-state index in [4.69, 9.17) is 0 Å². The molecule has 1 fully saturated rings. The van der Waals surface area contributed by atoms with Gasteiger partial charge in [-0.2, -0.15) is 0 Å². The van der Waals surface area contributed by atoms with Gasteiger partial charge in [0.25, 0.3) is 0 Å². The van der Waals surface area contributed by atoms with Crippen LogP contribution in [0.1, 0.15) is 47.4 Å². The van der Waals surface area contributed by atoms with E-state index in [0.29, 0.717) is 0 Å². The number of hydrogen-bond donors (Lipinski definition) is 0. The van der Waals surface area contributed by atoms with Crippen LogP contribution in [0.4, 0.5) is 0 Å². The quantitative estimate of drug-likeness (QED) is 0.642. The minimum absolute atomic E-state index is 0.805. The summed E-state index contributed by atoms with van der Waals surface area (Å²) in [5.41, 5.74) is 4.93. The third-order valence-electron chi connectivity index (χ3n) is 3.89. The summed E-state index contributed by atoms with van der Waals surface area (Å²) < 4.78 is 0. The van der Waals surface area contributed by atoms with Gasteiger partial charge in [0.15, 0.2) is 0 Å². The maximum atomic E-state index is 3.23. The van der Waals surface area contributed by atoms with Crippen LogP contribution in [0.3, 0.4) is 0 Å². The zero-order valence-corrected chi connectivity index (χ0v) is 11.3. The summed E-state index contributed by atoms with van der Waals surface area (Å²) in [4.78, 5) is 0. The van der Waals surface area contributed by atoms with Crippen LogP contribution in [0, 0.1) is 18.8 Å². The van der Waals surface area contributed by atoms with E-state index in [1.807, 2.05) is 0 Å². The summed E-state index contributed by atoms with van der Waals surface area (Å²) in [6, 6.07) is 17.1. The van der Waals surface area contributed by atoms with Crippen molar-refractivity contribution < 1.29 is 0 Å². The van der Waals surface area contributed by atoms with Crippen molar-refractivity contribution in [3.8, 4) is 11.8 Å². The molecule has 0 aromatic heterocycles. The van der Waals surface area contributed by atoms with Crippen molar-refractivity contribution in [3.63, 3.8) is 0 Å². The van der Waals surface area contributed by atoms with E-state index in [-0.39, 0.29) is 0 Å². The van der Waals surface area contributed by atoms with Crippen molar-refractivity contribution in [2.24, 2.45) is 0 Å². The van der Waals surface area contributed by atoms with Gasteiger partial charge in [-0.05, 0) is 55.5 Å². The highest BCUT2D eigenvalue weighted by atomic mass is 14.2. The second-order valence-electron chi connectivity index (χ2n) is 5.37. The molecule has 0 N–H and O–H groups in total. The van der Waals surface area contributed by atoms with Crippen LogP contribution in [0.15, 0.2) is 48.5 Å². The molecule has 0 radical (unpaired) electrons. The Morgan fingerprint density at radius 2 is 1.32 bits per heavy atom. The molecule has 0 aliphatic heterocycles. The van der Waals surface area contributed by atoms with Crippen LogP contribution in [0.5, 0.6) is 0 Å². The third-order valence-corrected chi connectivity index (χ3v) is 3.89. The highest BCUT2D eigenvalue weighted by Gasteiger charge is 2.18. The van der Waals surface area contributed by atoms with Gasteiger partial charge >= 0.3 is 0 Å². The molecule has 94 valence electrons. The summed E-state index contributed by atoms with van der Waals surface area (Å²) >= 11 is 0. The van der Waals surface area contributed by atoms with E-state index in [0.717, 1.165) is 17.0 Å². The molecule has 0 unspecified atom stereocenters. The highest BCUT2D eigenvalue weighted by molar-refractivity contribution is 5.44. The van der Waals surface area contributed by atoms with E-state index < -0.39 is 0 Å². The van der Waals surface area contributed by atoms with Gasteiger partial charge < -0.3 is 0 Å². The molecule has 0 nitrogen and oxygen atoms in total. The lowest BCUT2D eigenvalue weighted by Gasteiger charge is -2.25. The zero-order valence-electron chi connectivity index (χ0n) is 11.3. The number of benzene rings is 2. The first kappa shape index (κ1) is 12.1. The van der Waals surface area contributed by atoms with Crippen LogP contribution in [0.25, 0.3) is 0 Å². The average molecular weight is 246 g/mol. The van der Waals surface area contributed by atoms with Crippen molar-refractivity contribution in [2.45, 2.75) is 32.1 Å². The van der Waals surface area contributed by atoms with Gasteiger partial charge in [0, 0.05) is 11.1 Å². The molecule has 0 heteroatoms. The first-order chi connectivity index (χ1) is 9.31. The van der Waals surface area contributed by atoms with Gasteiger partial charge in [0.2, 0.25) is 0 Å². The first-order valence-corrected chi connectivity index (χ1v) is 7.00. The topological polar surface area (TPSA) is 0 Å². The predicted octanol–water partition coefficient (Wildman–Crippen LogP) is 4.66. The van der Waals surface area contributed by atoms with E-state index in [1.54, 1.807) is 0 Å². The molecule has 1 aliphatic carbocycles. The van der Waals surface area contributed by atoms with Gasteiger partial charge in [0.1, 0.15) is 0 Å². The molecular weight excluding hydrogens is 228 g/mol. The largest absolute Gasteiger partial charge is 0.0617 e. The monoisotopic (exact) mass is 246 g/mol. The van der Waals surface area contributed by atoms with Crippen molar-refractivity contribution in [3.05, 3.63) is 70.8 Å². The molecule has 1 aliphatic rings. The summed E-state index contributed by atoms with van der Waals surface area (Å²) in [6.45, 7) is 2.09. The summed E-state index contributed by atoms with van der Waals surface area (Å²) in [6.07, 6.45) is 4.10. The molecule has 0 saturated heterocycles.